The number of aliphatic carboxylic acids is 1. The number of hydrogen-bond donors (Lipinski definition) is 1. The second-order valence-corrected chi connectivity index (χ2v) is 2.83. The lowest BCUT2D eigenvalue weighted by Crippen LogP contribution is -2.57. The number of methoxy groups -OCH3 is 1. The van der Waals surface area contributed by atoms with Crippen molar-refractivity contribution >= 4 is 5.97 Å². The molecule has 0 saturated carbocycles. The summed E-state index contributed by atoms with van der Waals surface area (Å²) < 4.78 is 5.01. The van der Waals surface area contributed by atoms with Crippen LogP contribution in [0.5, 0.6) is 0 Å². The van der Waals surface area contributed by atoms with Crippen LogP contribution in [0.3, 0.4) is 0 Å². The molecule has 1 aliphatic heterocycles. The molecule has 0 aromatic heterocycles. The second kappa shape index (κ2) is 3.19. The van der Waals surface area contributed by atoms with Gasteiger partial charge in [0.05, 0.1) is 6.10 Å². The van der Waals surface area contributed by atoms with Gasteiger partial charge in [0.2, 0.25) is 0 Å². The smallest absolute Gasteiger partial charge is 0.320 e. The highest BCUT2D eigenvalue weighted by Crippen LogP contribution is 2.14. The molecule has 0 bridgehead atoms. The van der Waals surface area contributed by atoms with Gasteiger partial charge in [-0.15, -0.1) is 0 Å². The van der Waals surface area contributed by atoms with Gasteiger partial charge in [0.15, 0.2) is 0 Å². The first kappa shape index (κ1) is 8.49. The van der Waals surface area contributed by atoms with E-state index in [4.69, 9.17) is 9.84 Å². The summed E-state index contributed by atoms with van der Waals surface area (Å²) in [4.78, 5) is 12.3. The molecule has 0 aromatic carbocycles. The number of rotatable bonds is 3. The Morgan fingerprint density at radius 2 is 2.27 bits per heavy atom. The Labute approximate surface area is 65.8 Å². The van der Waals surface area contributed by atoms with Gasteiger partial charge in [-0.3, -0.25) is 9.69 Å². The number of carboxylic acid groups (broad SMARTS) is 1. The van der Waals surface area contributed by atoms with Crippen LogP contribution in [-0.2, 0) is 9.53 Å². The van der Waals surface area contributed by atoms with Gasteiger partial charge in [-0.1, -0.05) is 0 Å². The highest BCUT2D eigenvalue weighted by molar-refractivity contribution is 5.73. The maximum Gasteiger partial charge on any atom is 0.320 e. The van der Waals surface area contributed by atoms with E-state index in [1.807, 2.05) is 4.90 Å². The maximum atomic E-state index is 10.4. The Morgan fingerprint density at radius 1 is 1.73 bits per heavy atom. The topological polar surface area (TPSA) is 49.8 Å². The summed E-state index contributed by atoms with van der Waals surface area (Å²) in [5, 5.41) is 8.59. The minimum absolute atomic E-state index is 0.233. The standard InChI is InChI=1S/C7H13NO3/c1-5(7(9)10)8-3-6(4-8)11-2/h5-6H,3-4H2,1-2H3,(H,9,10)/t5-/m0/s1. The Kier molecular flexibility index (Phi) is 2.46. The largest absolute Gasteiger partial charge is 0.480 e. The molecule has 1 heterocycles. The molecule has 11 heavy (non-hydrogen) atoms. The molecule has 4 heteroatoms. The summed E-state index contributed by atoms with van der Waals surface area (Å²) in [7, 11) is 1.65. The summed E-state index contributed by atoms with van der Waals surface area (Å²) in [6, 6.07) is -0.374. The Bertz CT molecular complexity index is 154. The zero-order chi connectivity index (χ0) is 8.43. The van der Waals surface area contributed by atoms with E-state index < -0.39 is 5.97 Å². The van der Waals surface area contributed by atoms with Gasteiger partial charge in [0, 0.05) is 20.2 Å². The first-order valence-corrected chi connectivity index (χ1v) is 3.64. The Hall–Kier alpha value is -0.610. The molecule has 0 aliphatic carbocycles. The molecule has 0 amide bonds. The first-order chi connectivity index (χ1) is 5.15. The van der Waals surface area contributed by atoms with Gasteiger partial charge in [-0.2, -0.15) is 0 Å². The molecular weight excluding hydrogens is 146 g/mol. The first-order valence-electron chi connectivity index (χ1n) is 3.64. The number of hydrogen-bond acceptors (Lipinski definition) is 3. The van der Waals surface area contributed by atoms with E-state index in [1.165, 1.54) is 0 Å². The highest BCUT2D eigenvalue weighted by Gasteiger charge is 2.33. The van der Waals surface area contributed by atoms with Crippen molar-refractivity contribution in [2.45, 2.75) is 19.1 Å². The van der Waals surface area contributed by atoms with Crippen molar-refractivity contribution in [3.63, 3.8) is 0 Å². The third kappa shape index (κ3) is 1.70. The van der Waals surface area contributed by atoms with Crippen molar-refractivity contribution in [2.24, 2.45) is 0 Å². The van der Waals surface area contributed by atoms with Crippen LogP contribution >= 0.6 is 0 Å². The third-order valence-electron chi connectivity index (χ3n) is 2.11. The minimum Gasteiger partial charge on any atom is -0.480 e. The van der Waals surface area contributed by atoms with Crippen LogP contribution in [0.15, 0.2) is 0 Å². The van der Waals surface area contributed by atoms with Crippen LogP contribution in [0.25, 0.3) is 0 Å². The predicted octanol–water partition coefficient (Wildman–Crippen LogP) is -0.210. The van der Waals surface area contributed by atoms with E-state index >= 15 is 0 Å². The summed E-state index contributed by atoms with van der Waals surface area (Å²) >= 11 is 0. The molecule has 1 aliphatic rings. The molecule has 1 N–H and O–H groups in total. The summed E-state index contributed by atoms with van der Waals surface area (Å²) in [6.45, 7) is 3.17. The summed E-state index contributed by atoms with van der Waals surface area (Å²) in [5.74, 6) is -0.764. The highest BCUT2D eigenvalue weighted by atomic mass is 16.5. The van der Waals surface area contributed by atoms with E-state index in [2.05, 4.69) is 0 Å². The van der Waals surface area contributed by atoms with Crippen LogP contribution in [0.2, 0.25) is 0 Å². The van der Waals surface area contributed by atoms with Gasteiger partial charge in [0.25, 0.3) is 0 Å². The van der Waals surface area contributed by atoms with Gasteiger partial charge >= 0.3 is 5.97 Å². The second-order valence-electron chi connectivity index (χ2n) is 2.83. The fourth-order valence-corrected chi connectivity index (χ4v) is 1.09. The molecular formula is C7H13NO3. The lowest BCUT2D eigenvalue weighted by molar-refractivity contribution is -0.148. The molecule has 0 aromatic rings. The van der Waals surface area contributed by atoms with Crippen molar-refractivity contribution in [3.8, 4) is 0 Å². The third-order valence-corrected chi connectivity index (χ3v) is 2.11. The van der Waals surface area contributed by atoms with Crippen molar-refractivity contribution in [3.05, 3.63) is 0 Å². The number of ether oxygens (including phenoxy) is 1. The fraction of sp³-hybridized carbons (Fsp3) is 0.857. The van der Waals surface area contributed by atoms with Crippen molar-refractivity contribution in [2.75, 3.05) is 20.2 Å². The number of carboxylic acids is 1. The van der Waals surface area contributed by atoms with Gasteiger partial charge in [0.1, 0.15) is 6.04 Å². The van der Waals surface area contributed by atoms with Crippen LogP contribution < -0.4 is 0 Å². The Morgan fingerprint density at radius 3 is 2.64 bits per heavy atom. The molecule has 1 fully saturated rings. The Balaban J connectivity index is 2.26. The van der Waals surface area contributed by atoms with Gasteiger partial charge in [-0.05, 0) is 6.92 Å². The molecule has 64 valence electrons. The van der Waals surface area contributed by atoms with E-state index in [-0.39, 0.29) is 12.1 Å². The molecule has 1 rings (SSSR count). The average Bonchev–Trinajstić information content (AvgIpc) is 1.85. The average molecular weight is 159 g/mol. The lowest BCUT2D eigenvalue weighted by atomic mass is 10.1. The molecule has 4 nitrogen and oxygen atoms in total. The molecule has 0 radical (unpaired) electrons. The quantitative estimate of drug-likeness (QED) is 0.619. The number of carbonyl (C=O) groups is 1. The molecule has 1 atom stereocenters. The van der Waals surface area contributed by atoms with Crippen molar-refractivity contribution in [1.82, 2.24) is 4.90 Å². The van der Waals surface area contributed by atoms with E-state index in [9.17, 15) is 4.79 Å². The monoisotopic (exact) mass is 159 g/mol. The van der Waals surface area contributed by atoms with E-state index in [1.54, 1.807) is 14.0 Å². The predicted molar refractivity (Wildman–Crippen MR) is 39.5 cm³/mol. The maximum absolute atomic E-state index is 10.4. The van der Waals surface area contributed by atoms with E-state index in [0.717, 1.165) is 13.1 Å². The molecule has 0 unspecified atom stereocenters. The fourth-order valence-electron chi connectivity index (χ4n) is 1.09. The minimum atomic E-state index is -0.764. The van der Waals surface area contributed by atoms with E-state index in [0.29, 0.717) is 0 Å². The number of likely N-dealkylation sites (tertiary alicyclic amines) is 1. The molecule has 1 saturated heterocycles. The molecule has 0 spiro atoms. The van der Waals surface area contributed by atoms with Crippen LogP contribution in [0.1, 0.15) is 6.92 Å². The summed E-state index contributed by atoms with van der Waals surface area (Å²) in [5.41, 5.74) is 0. The van der Waals surface area contributed by atoms with Crippen molar-refractivity contribution in [1.29, 1.82) is 0 Å². The van der Waals surface area contributed by atoms with Gasteiger partial charge < -0.3 is 9.84 Å². The zero-order valence-corrected chi connectivity index (χ0v) is 6.78. The van der Waals surface area contributed by atoms with Crippen LogP contribution in [0.4, 0.5) is 0 Å². The van der Waals surface area contributed by atoms with Crippen molar-refractivity contribution < 1.29 is 14.6 Å². The SMILES string of the molecule is COC1CN([C@@H](C)C(=O)O)C1. The van der Waals surface area contributed by atoms with Crippen LogP contribution in [-0.4, -0.2) is 48.3 Å². The summed E-state index contributed by atoms with van der Waals surface area (Å²) in [6.07, 6.45) is 0.233. The lowest BCUT2D eigenvalue weighted by Gasteiger charge is -2.40. The van der Waals surface area contributed by atoms with Gasteiger partial charge in [-0.25, -0.2) is 0 Å². The normalized spacial score (nSPS) is 22.7. The zero-order valence-electron chi connectivity index (χ0n) is 6.78. The number of nitrogens with zero attached hydrogens (tertiary/aromatic N) is 1. The van der Waals surface area contributed by atoms with Crippen LogP contribution in [0, 0.1) is 0 Å².